The van der Waals surface area contributed by atoms with Crippen molar-refractivity contribution in [3.05, 3.63) is 0 Å². The van der Waals surface area contributed by atoms with Crippen LogP contribution in [-0.4, -0.2) is 55.2 Å². The minimum atomic E-state index is 0.0799. The number of ether oxygens (including phenoxy) is 1. The monoisotopic (exact) mass is 271 g/mol. The van der Waals surface area contributed by atoms with Gasteiger partial charge in [-0.15, -0.1) is 0 Å². The van der Waals surface area contributed by atoms with Crippen LogP contribution in [0.15, 0.2) is 0 Å². The zero-order valence-corrected chi connectivity index (χ0v) is 12.5. The molecule has 1 aliphatic heterocycles. The van der Waals surface area contributed by atoms with Crippen LogP contribution < -0.4 is 11.1 Å². The largest absolute Gasteiger partial charge is 0.377 e. The fraction of sp³-hybridized carbons (Fsp3) is 0.929. The summed E-state index contributed by atoms with van der Waals surface area (Å²) in [5.41, 5.74) is 5.84. The fourth-order valence-corrected chi connectivity index (χ4v) is 2.54. The highest BCUT2D eigenvalue weighted by atomic mass is 16.5. The summed E-state index contributed by atoms with van der Waals surface area (Å²) in [6.07, 6.45) is 3.03. The Hall–Kier alpha value is -0.650. The molecule has 0 saturated carbocycles. The third-order valence-corrected chi connectivity index (χ3v) is 3.53. The lowest BCUT2D eigenvalue weighted by Crippen LogP contribution is -2.47. The van der Waals surface area contributed by atoms with Gasteiger partial charge in [-0.25, -0.2) is 0 Å². The molecule has 0 aliphatic carbocycles. The van der Waals surface area contributed by atoms with Gasteiger partial charge in [0.15, 0.2) is 0 Å². The first kappa shape index (κ1) is 16.4. The van der Waals surface area contributed by atoms with E-state index in [4.69, 9.17) is 10.5 Å². The van der Waals surface area contributed by atoms with Crippen LogP contribution in [0.25, 0.3) is 0 Å². The van der Waals surface area contributed by atoms with Crippen LogP contribution >= 0.6 is 0 Å². The summed E-state index contributed by atoms with van der Waals surface area (Å²) < 4.78 is 5.67. The molecule has 0 aromatic rings. The number of hydrogen-bond acceptors (Lipinski definition) is 4. The first-order chi connectivity index (χ1) is 9.06. The van der Waals surface area contributed by atoms with Gasteiger partial charge in [0, 0.05) is 38.2 Å². The maximum absolute atomic E-state index is 11.9. The minimum Gasteiger partial charge on any atom is -0.377 e. The summed E-state index contributed by atoms with van der Waals surface area (Å²) in [5, 5.41) is 2.93. The van der Waals surface area contributed by atoms with Crippen LogP contribution in [0.1, 0.15) is 40.0 Å². The predicted octanol–water partition coefficient (Wildman–Crippen LogP) is 0.729. The number of carbonyl (C=O) groups excluding carboxylic acids is 1. The van der Waals surface area contributed by atoms with Crippen LogP contribution in [0.4, 0.5) is 0 Å². The van der Waals surface area contributed by atoms with Gasteiger partial charge in [-0.1, -0.05) is 6.92 Å². The van der Waals surface area contributed by atoms with Gasteiger partial charge in [-0.2, -0.15) is 0 Å². The van der Waals surface area contributed by atoms with Crippen LogP contribution in [0.5, 0.6) is 0 Å². The second-order valence-electron chi connectivity index (χ2n) is 5.54. The summed E-state index contributed by atoms with van der Waals surface area (Å²) in [6, 6.07) is 0.284. The van der Waals surface area contributed by atoms with Crippen molar-refractivity contribution < 1.29 is 9.53 Å². The van der Waals surface area contributed by atoms with Crippen LogP contribution in [0.3, 0.4) is 0 Å². The molecule has 2 unspecified atom stereocenters. The van der Waals surface area contributed by atoms with Crippen molar-refractivity contribution in [3.63, 3.8) is 0 Å². The topological polar surface area (TPSA) is 67.6 Å². The molecule has 1 saturated heterocycles. The molecule has 2 atom stereocenters. The number of hydrogen-bond donors (Lipinski definition) is 2. The van der Waals surface area contributed by atoms with E-state index in [2.05, 4.69) is 17.1 Å². The second kappa shape index (κ2) is 8.51. The first-order valence-electron chi connectivity index (χ1n) is 7.41. The Kier molecular flexibility index (Phi) is 7.34. The van der Waals surface area contributed by atoms with E-state index in [1.165, 1.54) is 0 Å². The van der Waals surface area contributed by atoms with Gasteiger partial charge in [0.2, 0.25) is 5.91 Å². The molecular formula is C14H29N3O2. The standard InChI is InChI=1S/C14H29N3O2/c1-4-17(10-13-6-5-7-19-13)12(9-15)8-14(18)16-11(2)3/h11-13H,4-10,15H2,1-3H3,(H,16,18). The Balaban J connectivity index is 2.46. The third kappa shape index (κ3) is 5.89. The lowest BCUT2D eigenvalue weighted by atomic mass is 10.1. The van der Waals surface area contributed by atoms with E-state index < -0.39 is 0 Å². The van der Waals surface area contributed by atoms with E-state index in [1.54, 1.807) is 0 Å². The normalized spacial score (nSPS) is 21.1. The third-order valence-electron chi connectivity index (χ3n) is 3.53. The molecule has 0 bridgehead atoms. The molecule has 1 heterocycles. The number of nitrogens with one attached hydrogen (secondary N) is 1. The Morgan fingerprint density at radius 1 is 1.53 bits per heavy atom. The Morgan fingerprint density at radius 3 is 2.74 bits per heavy atom. The molecule has 0 aromatic heterocycles. The molecule has 1 rings (SSSR count). The first-order valence-corrected chi connectivity index (χ1v) is 7.41. The van der Waals surface area contributed by atoms with E-state index in [0.717, 1.165) is 32.5 Å². The molecule has 5 nitrogen and oxygen atoms in total. The second-order valence-corrected chi connectivity index (χ2v) is 5.54. The molecule has 112 valence electrons. The van der Waals surface area contributed by atoms with Crippen LogP contribution in [0.2, 0.25) is 0 Å². The number of amides is 1. The SMILES string of the molecule is CCN(CC1CCCO1)C(CN)CC(=O)NC(C)C. The molecule has 3 N–H and O–H groups in total. The van der Waals surface area contributed by atoms with Crippen LogP contribution in [0, 0.1) is 0 Å². The minimum absolute atomic E-state index is 0.0799. The van der Waals surface area contributed by atoms with E-state index in [-0.39, 0.29) is 18.0 Å². The number of carbonyl (C=O) groups is 1. The van der Waals surface area contributed by atoms with E-state index >= 15 is 0 Å². The molecule has 1 aliphatic rings. The van der Waals surface area contributed by atoms with Gasteiger partial charge < -0.3 is 15.8 Å². The Labute approximate surface area is 116 Å². The Morgan fingerprint density at radius 2 is 2.26 bits per heavy atom. The summed E-state index contributed by atoms with van der Waals surface area (Å²) in [5.74, 6) is 0.0799. The lowest BCUT2D eigenvalue weighted by molar-refractivity contribution is -0.122. The predicted molar refractivity (Wildman–Crippen MR) is 77.0 cm³/mol. The van der Waals surface area contributed by atoms with Gasteiger partial charge in [0.05, 0.1) is 6.10 Å². The fourth-order valence-electron chi connectivity index (χ4n) is 2.54. The summed E-state index contributed by atoms with van der Waals surface area (Å²) in [4.78, 5) is 14.1. The highest BCUT2D eigenvalue weighted by Gasteiger charge is 2.24. The average Bonchev–Trinajstić information content (AvgIpc) is 2.85. The molecule has 5 heteroatoms. The smallest absolute Gasteiger partial charge is 0.221 e. The highest BCUT2D eigenvalue weighted by molar-refractivity contribution is 5.76. The molecule has 1 fully saturated rings. The summed E-state index contributed by atoms with van der Waals surface area (Å²) in [7, 11) is 0. The lowest BCUT2D eigenvalue weighted by Gasteiger charge is -2.31. The molecule has 0 spiro atoms. The maximum Gasteiger partial charge on any atom is 0.221 e. The van der Waals surface area contributed by atoms with E-state index in [9.17, 15) is 4.79 Å². The van der Waals surface area contributed by atoms with Crippen molar-refractivity contribution in [1.29, 1.82) is 0 Å². The average molecular weight is 271 g/mol. The van der Waals surface area contributed by atoms with Crippen molar-refractivity contribution in [2.45, 2.75) is 58.2 Å². The molecule has 1 amide bonds. The van der Waals surface area contributed by atoms with Gasteiger partial charge in [-0.05, 0) is 33.2 Å². The van der Waals surface area contributed by atoms with Crippen molar-refractivity contribution in [1.82, 2.24) is 10.2 Å². The number of nitrogens with zero attached hydrogens (tertiary/aromatic N) is 1. The molecule has 19 heavy (non-hydrogen) atoms. The summed E-state index contributed by atoms with van der Waals surface area (Å²) in [6.45, 7) is 9.20. The van der Waals surface area contributed by atoms with Crippen molar-refractivity contribution >= 4 is 5.91 Å². The van der Waals surface area contributed by atoms with E-state index in [0.29, 0.717) is 19.1 Å². The van der Waals surface area contributed by atoms with Crippen molar-refractivity contribution in [3.8, 4) is 0 Å². The van der Waals surface area contributed by atoms with Gasteiger partial charge in [0.25, 0.3) is 0 Å². The molecule has 0 radical (unpaired) electrons. The van der Waals surface area contributed by atoms with E-state index in [1.807, 2.05) is 13.8 Å². The summed E-state index contributed by atoms with van der Waals surface area (Å²) >= 11 is 0. The highest BCUT2D eigenvalue weighted by Crippen LogP contribution is 2.15. The Bertz CT molecular complexity index is 265. The number of rotatable bonds is 8. The molecular weight excluding hydrogens is 242 g/mol. The number of likely N-dealkylation sites (N-methyl/N-ethyl adjacent to an activating group) is 1. The van der Waals surface area contributed by atoms with Gasteiger partial charge >= 0.3 is 0 Å². The van der Waals surface area contributed by atoms with Crippen molar-refractivity contribution in [2.24, 2.45) is 5.73 Å². The molecule has 0 aromatic carbocycles. The zero-order chi connectivity index (χ0) is 14.3. The number of nitrogens with two attached hydrogens (primary N) is 1. The zero-order valence-electron chi connectivity index (χ0n) is 12.5. The van der Waals surface area contributed by atoms with Crippen LogP contribution in [-0.2, 0) is 9.53 Å². The quantitative estimate of drug-likeness (QED) is 0.683. The van der Waals surface area contributed by atoms with Crippen molar-refractivity contribution in [2.75, 3.05) is 26.2 Å². The van der Waals surface area contributed by atoms with Gasteiger partial charge in [-0.3, -0.25) is 9.69 Å². The van der Waals surface area contributed by atoms with Gasteiger partial charge in [0.1, 0.15) is 0 Å². The maximum atomic E-state index is 11.9.